The summed E-state index contributed by atoms with van der Waals surface area (Å²) in [6, 6.07) is 0. The van der Waals surface area contributed by atoms with Crippen molar-refractivity contribution >= 4 is 11.8 Å². The Hall–Kier alpha value is -1.72. The molecule has 0 heterocycles. The summed E-state index contributed by atoms with van der Waals surface area (Å²) in [6.07, 6.45) is 14.0. The van der Waals surface area contributed by atoms with Crippen LogP contribution in [0.4, 0.5) is 0 Å². The van der Waals surface area contributed by atoms with E-state index in [9.17, 15) is 19.8 Å². The fourth-order valence-electron chi connectivity index (χ4n) is 4.12. The van der Waals surface area contributed by atoms with Crippen LogP contribution >= 0.6 is 0 Å². The van der Waals surface area contributed by atoms with Crippen LogP contribution in [-0.4, -0.2) is 39.3 Å². The van der Waals surface area contributed by atoms with E-state index in [1.807, 2.05) is 30.4 Å². The summed E-state index contributed by atoms with van der Waals surface area (Å²) in [6.45, 7) is 3.85. The van der Waals surface area contributed by atoms with Crippen molar-refractivity contribution in [3.8, 4) is 0 Å². The van der Waals surface area contributed by atoms with E-state index in [-0.39, 0.29) is 35.9 Å². The highest BCUT2D eigenvalue weighted by Crippen LogP contribution is 2.46. The first-order valence-electron chi connectivity index (χ1n) is 9.95. The first-order valence-corrected chi connectivity index (χ1v) is 9.95. The zero-order valence-corrected chi connectivity index (χ0v) is 15.9. The molecule has 0 amide bonds. The lowest BCUT2D eigenvalue weighted by Gasteiger charge is -2.43. The standard InChI is InChI=1S/C22H32O5/c1-2-22(13-8-14-22)20(25)11-7-10-17-16(18(23)15-19(17)24)9-5-3-4-6-12-21(26)27/h2-3,5,7,10,16-17,19-20,24-25H,1,4,6,8-9,11-15H2,(H,26,27)/t16-,17-,19?,20?/m1/s1. The molecule has 0 aromatic heterocycles. The summed E-state index contributed by atoms with van der Waals surface area (Å²) in [5.41, 5.74) is -0.174. The van der Waals surface area contributed by atoms with Gasteiger partial charge in [0.2, 0.25) is 0 Å². The average Bonchev–Trinajstić information content (AvgIpc) is 2.84. The van der Waals surface area contributed by atoms with Gasteiger partial charge in [0.05, 0.1) is 12.2 Å². The second kappa shape index (κ2) is 10.00. The topological polar surface area (TPSA) is 94.8 Å². The van der Waals surface area contributed by atoms with Crippen LogP contribution in [-0.2, 0) is 9.59 Å². The number of allylic oxidation sites excluding steroid dienone is 2. The summed E-state index contributed by atoms with van der Waals surface area (Å²) >= 11 is 0. The third-order valence-corrected chi connectivity index (χ3v) is 6.12. The molecular formula is C22H32O5. The highest BCUT2D eigenvalue weighted by molar-refractivity contribution is 5.84. The Morgan fingerprint density at radius 3 is 2.63 bits per heavy atom. The lowest BCUT2D eigenvalue weighted by molar-refractivity contribution is -0.137. The van der Waals surface area contributed by atoms with E-state index in [4.69, 9.17) is 5.11 Å². The molecule has 0 radical (unpaired) electrons. The highest BCUT2D eigenvalue weighted by Gasteiger charge is 2.41. The molecule has 150 valence electrons. The molecule has 4 atom stereocenters. The number of aliphatic hydroxyl groups excluding tert-OH is 2. The molecule has 2 fully saturated rings. The van der Waals surface area contributed by atoms with Crippen LogP contribution in [0, 0.1) is 17.3 Å². The number of carboxylic acid groups (broad SMARTS) is 1. The molecule has 2 saturated carbocycles. The number of carbonyl (C=O) groups excluding carboxylic acids is 1. The van der Waals surface area contributed by atoms with Crippen LogP contribution in [0.1, 0.15) is 57.8 Å². The Bertz CT molecular complexity index is 588. The molecule has 0 aromatic rings. The normalized spacial score (nSPS) is 28.5. The number of Topliss-reactive ketones (excluding diaryl/α,β-unsaturated/α-hetero) is 1. The van der Waals surface area contributed by atoms with Crippen molar-refractivity contribution < 1.29 is 24.9 Å². The maximum Gasteiger partial charge on any atom is 0.303 e. The molecule has 0 bridgehead atoms. The van der Waals surface area contributed by atoms with Gasteiger partial charge < -0.3 is 15.3 Å². The third kappa shape index (κ3) is 5.63. The van der Waals surface area contributed by atoms with E-state index in [0.29, 0.717) is 25.7 Å². The van der Waals surface area contributed by atoms with Gasteiger partial charge in [-0.2, -0.15) is 0 Å². The zero-order chi connectivity index (χ0) is 19.9. The molecule has 5 heteroatoms. The SMILES string of the molecule is C=CC1(C(O)CC=C[C@H]2C(O)CC(=O)[C@@H]2CC=CCCCC(=O)O)CCC1. The largest absolute Gasteiger partial charge is 0.481 e. The molecule has 0 saturated heterocycles. The van der Waals surface area contributed by atoms with E-state index in [0.717, 1.165) is 19.3 Å². The maximum absolute atomic E-state index is 12.2. The van der Waals surface area contributed by atoms with Crippen molar-refractivity contribution in [2.45, 2.75) is 70.0 Å². The maximum atomic E-state index is 12.2. The highest BCUT2D eigenvalue weighted by atomic mass is 16.4. The van der Waals surface area contributed by atoms with Gasteiger partial charge in [0.25, 0.3) is 0 Å². The molecule has 2 aliphatic rings. The second-order valence-electron chi connectivity index (χ2n) is 7.89. The Labute approximate surface area is 161 Å². The summed E-state index contributed by atoms with van der Waals surface area (Å²) in [5.74, 6) is -1.21. The number of hydrogen-bond acceptors (Lipinski definition) is 4. The van der Waals surface area contributed by atoms with Gasteiger partial charge in [0.15, 0.2) is 0 Å². The number of rotatable bonds is 11. The van der Waals surface area contributed by atoms with E-state index in [1.54, 1.807) is 0 Å². The van der Waals surface area contributed by atoms with E-state index in [1.165, 1.54) is 0 Å². The summed E-state index contributed by atoms with van der Waals surface area (Å²) < 4.78 is 0. The van der Waals surface area contributed by atoms with Crippen molar-refractivity contribution in [1.82, 2.24) is 0 Å². The van der Waals surface area contributed by atoms with Crippen LogP contribution in [0.2, 0.25) is 0 Å². The summed E-state index contributed by atoms with van der Waals surface area (Å²) in [7, 11) is 0. The van der Waals surface area contributed by atoms with Gasteiger partial charge in [-0.05, 0) is 38.5 Å². The fraction of sp³-hybridized carbons (Fsp3) is 0.636. The number of aliphatic carboxylic acids is 1. The number of unbranched alkanes of at least 4 members (excludes halogenated alkanes) is 1. The van der Waals surface area contributed by atoms with Gasteiger partial charge in [0, 0.05) is 30.1 Å². The summed E-state index contributed by atoms with van der Waals surface area (Å²) in [4.78, 5) is 22.7. The molecule has 2 rings (SSSR count). The first-order chi connectivity index (χ1) is 12.9. The molecule has 0 aromatic carbocycles. The van der Waals surface area contributed by atoms with Crippen LogP contribution in [0.5, 0.6) is 0 Å². The van der Waals surface area contributed by atoms with Gasteiger partial charge in [-0.1, -0.05) is 36.8 Å². The van der Waals surface area contributed by atoms with Crippen LogP contribution < -0.4 is 0 Å². The Morgan fingerprint density at radius 1 is 1.30 bits per heavy atom. The molecule has 2 unspecified atom stereocenters. The molecule has 0 spiro atoms. The van der Waals surface area contributed by atoms with Gasteiger partial charge in [-0.15, -0.1) is 6.58 Å². The molecule has 2 aliphatic carbocycles. The lowest BCUT2D eigenvalue weighted by Crippen LogP contribution is -2.39. The molecule has 27 heavy (non-hydrogen) atoms. The minimum absolute atomic E-state index is 0.0643. The van der Waals surface area contributed by atoms with Crippen molar-refractivity contribution in [2.75, 3.05) is 0 Å². The first kappa shape index (κ1) is 21.6. The average molecular weight is 376 g/mol. The quantitative estimate of drug-likeness (QED) is 0.379. The monoisotopic (exact) mass is 376 g/mol. The van der Waals surface area contributed by atoms with Gasteiger partial charge in [-0.3, -0.25) is 9.59 Å². The number of aliphatic hydroxyl groups is 2. The third-order valence-electron chi connectivity index (χ3n) is 6.12. The van der Waals surface area contributed by atoms with Crippen LogP contribution in [0.3, 0.4) is 0 Å². The Kier molecular flexibility index (Phi) is 7.99. The molecule has 5 nitrogen and oxygen atoms in total. The molecule has 3 N–H and O–H groups in total. The predicted octanol–water partition coefficient (Wildman–Crippen LogP) is 3.42. The summed E-state index contributed by atoms with van der Waals surface area (Å²) in [5, 5.41) is 29.3. The number of carbonyl (C=O) groups is 2. The number of carboxylic acids is 1. The van der Waals surface area contributed by atoms with Crippen LogP contribution in [0.15, 0.2) is 37.0 Å². The molecular weight excluding hydrogens is 344 g/mol. The Morgan fingerprint density at radius 2 is 2.04 bits per heavy atom. The number of ketones is 1. The van der Waals surface area contributed by atoms with E-state index in [2.05, 4.69) is 6.58 Å². The Balaban J connectivity index is 1.85. The van der Waals surface area contributed by atoms with E-state index >= 15 is 0 Å². The number of hydrogen-bond donors (Lipinski definition) is 3. The van der Waals surface area contributed by atoms with Crippen molar-refractivity contribution in [3.63, 3.8) is 0 Å². The van der Waals surface area contributed by atoms with Crippen molar-refractivity contribution in [1.29, 1.82) is 0 Å². The lowest BCUT2D eigenvalue weighted by atomic mass is 9.64. The zero-order valence-electron chi connectivity index (χ0n) is 15.9. The van der Waals surface area contributed by atoms with Crippen molar-refractivity contribution in [2.24, 2.45) is 17.3 Å². The minimum Gasteiger partial charge on any atom is -0.481 e. The van der Waals surface area contributed by atoms with E-state index < -0.39 is 18.2 Å². The minimum atomic E-state index is -0.801. The molecule has 0 aliphatic heterocycles. The van der Waals surface area contributed by atoms with Gasteiger partial charge >= 0.3 is 5.97 Å². The smallest absolute Gasteiger partial charge is 0.303 e. The predicted molar refractivity (Wildman–Crippen MR) is 104 cm³/mol. The van der Waals surface area contributed by atoms with Crippen LogP contribution in [0.25, 0.3) is 0 Å². The second-order valence-corrected chi connectivity index (χ2v) is 7.89. The van der Waals surface area contributed by atoms with Crippen molar-refractivity contribution in [3.05, 3.63) is 37.0 Å². The van der Waals surface area contributed by atoms with Gasteiger partial charge in [-0.25, -0.2) is 0 Å². The fourth-order valence-corrected chi connectivity index (χ4v) is 4.12. The van der Waals surface area contributed by atoms with Gasteiger partial charge in [0.1, 0.15) is 5.78 Å².